The SMILES string of the molecule is O=C(NCC(c1ccc2c(c1)OCO2)N1CCOCC1)c1ccco1. The van der Waals surface area contributed by atoms with Crippen LogP contribution in [0.4, 0.5) is 0 Å². The second kappa shape index (κ2) is 7.16. The van der Waals surface area contributed by atoms with Crippen molar-refractivity contribution in [3.8, 4) is 11.5 Å². The Morgan fingerprint density at radius 2 is 2.00 bits per heavy atom. The van der Waals surface area contributed by atoms with Crippen LogP contribution in [-0.2, 0) is 4.74 Å². The molecule has 2 aliphatic heterocycles. The summed E-state index contributed by atoms with van der Waals surface area (Å²) in [5.74, 6) is 1.59. The van der Waals surface area contributed by atoms with Gasteiger partial charge in [0.2, 0.25) is 6.79 Å². The minimum absolute atomic E-state index is 0.0253. The van der Waals surface area contributed by atoms with Gasteiger partial charge in [-0.15, -0.1) is 0 Å². The van der Waals surface area contributed by atoms with Crippen LogP contribution in [0.2, 0.25) is 0 Å². The monoisotopic (exact) mass is 344 g/mol. The van der Waals surface area contributed by atoms with E-state index in [1.54, 1.807) is 12.1 Å². The summed E-state index contributed by atoms with van der Waals surface area (Å²) in [5, 5.41) is 2.96. The zero-order valence-electron chi connectivity index (χ0n) is 13.8. The molecule has 3 heterocycles. The van der Waals surface area contributed by atoms with Crippen molar-refractivity contribution in [2.45, 2.75) is 6.04 Å². The van der Waals surface area contributed by atoms with Crippen molar-refractivity contribution in [2.75, 3.05) is 39.6 Å². The van der Waals surface area contributed by atoms with Crippen molar-refractivity contribution in [1.29, 1.82) is 0 Å². The molecule has 4 rings (SSSR count). The van der Waals surface area contributed by atoms with Crippen LogP contribution >= 0.6 is 0 Å². The predicted molar refractivity (Wildman–Crippen MR) is 88.7 cm³/mol. The van der Waals surface area contributed by atoms with Gasteiger partial charge in [0.25, 0.3) is 5.91 Å². The first-order valence-corrected chi connectivity index (χ1v) is 8.34. The summed E-state index contributed by atoms with van der Waals surface area (Å²) in [4.78, 5) is 14.5. The standard InChI is InChI=1S/C18H20N2O5/c21-18(16-2-1-7-23-16)19-11-14(20-5-8-22-9-6-20)13-3-4-15-17(10-13)25-12-24-15/h1-4,7,10,14H,5-6,8-9,11-12H2,(H,19,21). The predicted octanol–water partition coefficient (Wildman–Crippen LogP) is 1.81. The Balaban J connectivity index is 1.52. The highest BCUT2D eigenvalue weighted by Crippen LogP contribution is 2.35. The third-order valence-corrected chi connectivity index (χ3v) is 4.47. The molecular weight excluding hydrogens is 324 g/mol. The highest BCUT2D eigenvalue weighted by molar-refractivity contribution is 5.91. The van der Waals surface area contributed by atoms with Crippen molar-refractivity contribution in [2.24, 2.45) is 0 Å². The molecule has 1 atom stereocenters. The summed E-state index contributed by atoms with van der Waals surface area (Å²) in [6, 6.07) is 9.30. The van der Waals surface area contributed by atoms with Crippen LogP contribution in [0.15, 0.2) is 41.0 Å². The smallest absolute Gasteiger partial charge is 0.287 e. The fraction of sp³-hybridized carbons (Fsp3) is 0.389. The first-order chi connectivity index (χ1) is 12.3. The van der Waals surface area contributed by atoms with Crippen molar-refractivity contribution in [3.63, 3.8) is 0 Å². The number of furan rings is 1. The van der Waals surface area contributed by atoms with E-state index in [1.807, 2.05) is 18.2 Å². The lowest BCUT2D eigenvalue weighted by Crippen LogP contribution is -2.43. The van der Waals surface area contributed by atoms with E-state index in [-0.39, 0.29) is 18.7 Å². The van der Waals surface area contributed by atoms with Gasteiger partial charge in [-0.1, -0.05) is 6.07 Å². The third-order valence-electron chi connectivity index (χ3n) is 4.47. The van der Waals surface area contributed by atoms with E-state index in [0.717, 1.165) is 30.2 Å². The number of fused-ring (bicyclic) bond motifs is 1. The Hall–Kier alpha value is -2.51. The van der Waals surface area contributed by atoms with Crippen LogP contribution < -0.4 is 14.8 Å². The van der Waals surface area contributed by atoms with Crippen LogP contribution in [0.3, 0.4) is 0 Å². The lowest BCUT2D eigenvalue weighted by Gasteiger charge is -2.34. The van der Waals surface area contributed by atoms with Crippen molar-refractivity contribution >= 4 is 5.91 Å². The summed E-state index contributed by atoms with van der Waals surface area (Å²) in [6.07, 6.45) is 1.49. The Bertz CT molecular complexity index is 725. The van der Waals surface area contributed by atoms with Crippen LogP contribution in [0.5, 0.6) is 11.5 Å². The van der Waals surface area contributed by atoms with E-state index in [4.69, 9.17) is 18.6 Å². The number of carbonyl (C=O) groups excluding carboxylic acids is 1. The van der Waals surface area contributed by atoms with Gasteiger partial charge in [0.15, 0.2) is 17.3 Å². The quantitative estimate of drug-likeness (QED) is 0.892. The van der Waals surface area contributed by atoms with E-state index in [1.165, 1.54) is 6.26 Å². The van der Waals surface area contributed by atoms with Gasteiger partial charge in [-0.3, -0.25) is 9.69 Å². The number of ether oxygens (including phenoxy) is 3. The molecule has 0 spiro atoms. The summed E-state index contributed by atoms with van der Waals surface area (Å²) in [7, 11) is 0. The molecule has 25 heavy (non-hydrogen) atoms. The minimum Gasteiger partial charge on any atom is -0.459 e. The van der Waals surface area contributed by atoms with E-state index in [9.17, 15) is 4.79 Å². The molecule has 1 aromatic heterocycles. The molecule has 1 saturated heterocycles. The summed E-state index contributed by atoms with van der Waals surface area (Å²) < 4.78 is 21.5. The van der Waals surface area contributed by atoms with Gasteiger partial charge < -0.3 is 23.9 Å². The number of carbonyl (C=O) groups is 1. The number of morpholine rings is 1. The fourth-order valence-electron chi connectivity index (χ4n) is 3.15. The van der Waals surface area contributed by atoms with Gasteiger partial charge in [-0.2, -0.15) is 0 Å². The first-order valence-electron chi connectivity index (χ1n) is 8.34. The van der Waals surface area contributed by atoms with Gasteiger partial charge in [0, 0.05) is 19.6 Å². The molecule has 0 radical (unpaired) electrons. The maximum Gasteiger partial charge on any atom is 0.287 e. The van der Waals surface area contributed by atoms with Crippen molar-refractivity contribution in [3.05, 3.63) is 47.9 Å². The zero-order valence-corrected chi connectivity index (χ0v) is 13.8. The van der Waals surface area contributed by atoms with Gasteiger partial charge in [-0.25, -0.2) is 0 Å². The largest absolute Gasteiger partial charge is 0.459 e. The molecule has 132 valence electrons. The molecule has 7 nitrogen and oxygen atoms in total. The molecule has 0 aliphatic carbocycles. The second-order valence-electron chi connectivity index (χ2n) is 5.96. The molecule has 0 saturated carbocycles. The highest BCUT2D eigenvalue weighted by Gasteiger charge is 2.25. The molecular formula is C18H20N2O5. The van der Waals surface area contributed by atoms with Gasteiger partial charge in [0.05, 0.1) is 25.5 Å². The second-order valence-corrected chi connectivity index (χ2v) is 5.96. The highest BCUT2D eigenvalue weighted by atomic mass is 16.7. The normalized spacial score (nSPS) is 18.1. The lowest BCUT2D eigenvalue weighted by molar-refractivity contribution is 0.0161. The van der Waals surface area contributed by atoms with Crippen LogP contribution in [-0.4, -0.2) is 50.4 Å². The van der Waals surface area contributed by atoms with Crippen LogP contribution in [0, 0.1) is 0 Å². The van der Waals surface area contributed by atoms with Gasteiger partial charge in [-0.05, 0) is 29.8 Å². The Morgan fingerprint density at radius 1 is 1.16 bits per heavy atom. The topological polar surface area (TPSA) is 73.2 Å². The fourth-order valence-corrected chi connectivity index (χ4v) is 3.15. The molecule has 1 aromatic carbocycles. The number of nitrogens with one attached hydrogen (secondary N) is 1. The molecule has 2 aliphatic rings. The van der Waals surface area contributed by atoms with E-state index in [2.05, 4.69) is 10.2 Å². The average Bonchev–Trinajstić information content (AvgIpc) is 3.34. The maximum absolute atomic E-state index is 12.2. The molecule has 2 aromatic rings. The zero-order chi connectivity index (χ0) is 17.1. The van der Waals surface area contributed by atoms with Gasteiger partial charge >= 0.3 is 0 Å². The Kier molecular flexibility index (Phi) is 4.58. The van der Waals surface area contributed by atoms with Crippen molar-refractivity contribution < 1.29 is 23.4 Å². The van der Waals surface area contributed by atoms with E-state index >= 15 is 0 Å². The molecule has 1 N–H and O–H groups in total. The minimum atomic E-state index is -0.219. The van der Waals surface area contributed by atoms with E-state index in [0.29, 0.717) is 25.5 Å². The van der Waals surface area contributed by atoms with Crippen LogP contribution in [0.25, 0.3) is 0 Å². The third kappa shape index (κ3) is 3.47. The number of amides is 1. The number of benzene rings is 1. The molecule has 7 heteroatoms. The van der Waals surface area contributed by atoms with Crippen molar-refractivity contribution in [1.82, 2.24) is 10.2 Å². The maximum atomic E-state index is 12.2. The van der Waals surface area contributed by atoms with Gasteiger partial charge in [0.1, 0.15) is 0 Å². The lowest BCUT2D eigenvalue weighted by atomic mass is 10.0. The summed E-state index contributed by atoms with van der Waals surface area (Å²) in [6.45, 7) is 3.72. The molecule has 0 bridgehead atoms. The molecule has 1 unspecified atom stereocenters. The summed E-state index contributed by atoms with van der Waals surface area (Å²) >= 11 is 0. The molecule has 1 amide bonds. The van der Waals surface area contributed by atoms with Crippen LogP contribution in [0.1, 0.15) is 22.2 Å². The number of rotatable bonds is 5. The number of hydrogen-bond donors (Lipinski definition) is 1. The number of hydrogen-bond acceptors (Lipinski definition) is 6. The van der Waals surface area contributed by atoms with E-state index < -0.39 is 0 Å². The molecule has 1 fully saturated rings. The first kappa shape index (κ1) is 16.0. The summed E-state index contributed by atoms with van der Waals surface area (Å²) in [5.41, 5.74) is 1.07. The Morgan fingerprint density at radius 3 is 2.80 bits per heavy atom. The average molecular weight is 344 g/mol. The number of nitrogens with zero attached hydrogens (tertiary/aromatic N) is 1. The Labute approximate surface area is 145 Å².